The molecule has 0 bridgehead atoms. The lowest BCUT2D eigenvalue weighted by Crippen LogP contribution is -2.29. The van der Waals surface area contributed by atoms with Gasteiger partial charge in [0.05, 0.1) is 12.3 Å². The van der Waals surface area contributed by atoms with E-state index in [1.54, 1.807) is 19.5 Å². The lowest BCUT2D eigenvalue weighted by atomic mass is 9.93. The fraction of sp³-hybridized carbons (Fsp3) is 0.389. The molecular formula is C18H21N5O. The molecule has 1 saturated carbocycles. The van der Waals surface area contributed by atoms with Gasteiger partial charge < -0.3 is 10.1 Å². The zero-order valence-corrected chi connectivity index (χ0v) is 13.7. The summed E-state index contributed by atoms with van der Waals surface area (Å²) in [5, 5.41) is 7.96. The zero-order valence-electron chi connectivity index (χ0n) is 13.7. The average Bonchev–Trinajstić information content (AvgIpc) is 3.06. The maximum Gasteiger partial charge on any atom is 0.165 e. The van der Waals surface area contributed by atoms with Crippen LogP contribution < -0.4 is 5.32 Å². The summed E-state index contributed by atoms with van der Waals surface area (Å²) in [6, 6.07) is 6.40. The third-order valence-corrected chi connectivity index (χ3v) is 4.72. The molecule has 124 valence electrons. The van der Waals surface area contributed by atoms with E-state index in [1.165, 1.54) is 0 Å². The number of fused-ring (bicyclic) bond motifs is 1. The van der Waals surface area contributed by atoms with Crippen molar-refractivity contribution < 1.29 is 4.74 Å². The highest BCUT2D eigenvalue weighted by Gasteiger charge is 2.21. The number of ether oxygens (including phenoxy) is 1. The number of nitrogens with one attached hydrogen (secondary N) is 1. The van der Waals surface area contributed by atoms with Gasteiger partial charge in [0, 0.05) is 37.3 Å². The topological polar surface area (TPSA) is 64.3 Å². The largest absolute Gasteiger partial charge is 0.381 e. The van der Waals surface area contributed by atoms with Crippen molar-refractivity contribution in [2.24, 2.45) is 0 Å². The van der Waals surface area contributed by atoms with Crippen LogP contribution in [0.25, 0.3) is 16.8 Å². The Morgan fingerprint density at radius 1 is 1.12 bits per heavy atom. The molecule has 0 saturated heterocycles. The fourth-order valence-corrected chi connectivity index (χ4v) is 3.34. The Hall–Kier alpha value is -2.47. The van der Waals surface area contributed by atoms with Gasteiger partial charge in [-0.25, -0.2) is 9.50 Å². The Morgan fingerprint density at radius 3 is 2.67 bits per heavy atom. The molecular weight excluding hydrogens is 302 g/mol. The molecule has 1 fully saturated rings. The first-order chi connectivity index (χ1) is 11.8. The van der Waals surface area contributed by atoms with Crippen molar-refractivity contribution in [1.29, 1.82) is 0 Å². The standard InChI is InChI=1S/C18H21N5O/c1-24-15-4-2-14(3-5-15)21-17-8-11-23-18(22-17)16(12-20-23)13-6-9-19-10-7-13/h6-12,14-15H,2-5H2,1H3,(H,21,22)/t14-,15-. The van der Waals surface area contributed by atoms with Crippen LogP contribution in [0.5, 0.6) is 0 Å². The second-order valence-corrected chi connectivity index (χ2v) is 6.23. The molecule has 1 aliphatic rings. The molecule has 24 heavy (non-hydrogen) atoms. The van der Waals surface area contributed by atoms with E-state index in [1.807, 2.05) is 35.1 Å². The van der Waals surface area contributed by atoms with E-state index in [2.05, 4.69) is 15.4 Å². The molecule has 0 aromatic carbocycles. The molecule has 6 heteroatoms. The monoisotopic (exact) mass is 323 g/mol. The lowest BCUT2D eigenvalue weighted by molar-refractivity contribution is 0.0681. The summed E-state index contributed by atoms with van der Waals surface area (Å²) >= 11 is 0. The number of aromatic nitrogens is 4. The number of nitrogens with zero attached hydrogens (tertiary/aromatic N) is 4. The van der Waals surface area contributed by atoms with Crippen LogP contribution in [0.3, 0.4) is 0 Å². The maximum absolute atomic E-state index is 5.44. The Bertz CT molecular complexity index is 809. The summed E-state index contributed by atoms with van der Waals surface area (Å²) < 4.78 is 7.25. The van der Waals surface area contributed by atoms with Crippen LogP contribution in [0.4, 0.5) is 5.82 Å². The molecule has 0 aliphatic heterocycles. The number of hydrogen-bond acceptors (Lipinski definition) is 5. The Labute approximate surface area is 140 Å². The minimum atomic E-state index is 0.409. The summed E-state index contributed by atoms with van der Waals surface area (Å²) in [6.07, 6.45) is 12.2. The van der Waals surface area contributed by atoms with Gasteiger partial charge >= 0.3 is 0 Å². The molecule has 0 atom stereocenters. The SMILES string of the molecule is CO[C@H]1CC[C@H](Nc2ccn3ncc(-c4ccncc4)c3n2)CC1. The van der Waals surface area contributed by atoms with E-state index in [0.717, 1.165) is 48.3 Å². The molecule has 3 heterocycles. The smallest absolute Gasteiger partial charge is 0.165 e. The molecule has 0 unspecified atom stereocenters. The third-order valence-electron chi connectivity index (χ3n) is 4.72. The van der Waals surface area contributed by atoms with Gasteiger partial charge in [0.2, 0.25) is 0 Å². The lowest BCUT2D eigenvalue weighted by Gasteiger charge is -2.28. The first-order valence-corrected chi connectivity index (χ1v) is 8.37. The van der Waals surface area contributed by atoms with Crippen LogP contribution in [0.15, 0.2) is 43.0 Å². The van der Waals surface area contributed by atoms with Crippen molar-refractivity contribution in [2.45, 2.75) is 37.8 Å². The number of pyridine rings is 1. The van der Waals surface area contributed by atoms with Gasteiger partial charge in [0.1, 0.15) is 5.82 Å². The first kappa shape index (κ1) is 15.1. The van der Waals surface area contributed by atoms with Gasteiger partial charge in [-0.1, -0.05) is 0 Å². The van der Waals surface area contributed by atoms with Crippen LogP contribution in [-0.4, -0.2) is 38.8 Å². The third kappa shape index (κ3) is 2.97. The molecule has 1 N–H and O–H groups in total. The maximum atomic E-state index is 5.44. The number of rotatable bonds is 4. The van der Waals surface area contributed by atoms with Crippen LogP contribution in [0.1, 0.15) is 25.7 Å². The highest BCUT2D eigenvalue weighted by atomic mass is 16.5. The van der Waals surface area contributed by atoms with Crippen molar-refractivity contribution >= 4 is 11.5 Å². The minimum absolute atomic E-state index is 0.409. The molecule has 1 aliphatic carbocycles. The summed E-state index contributed by atoms with van der Waals surface area (Å²) in [5.74, 6) is 0.902. The first-order valence-electron chi connectivity index (χ1n) is 8.37. The molecule has 0 amide bonds. The molecule has 4 rings (SSSR count). The summed E-state index contributed by atoms with van der Waals surface area (Å²) in [6.45, 7) is 0. The van der Waals surface area contributed by atoms with Gasteiger partial charge in [0.25, 0.3) is 0 Å². The van der Waals surface area contributed by atoms with Crippen LogP contribution in [-0.2, 0) is 4.74 Å². The Kier molecular flexibility index (Phi) is 4.13. The number of anilines is 1. The second-order valence-electron chi connectivity index (χ2n) is 6.23. The Balaban J connectivity index is 1.57. The van der Waals surface area contributed by atoms with Crippen molar-refractivity contribution in [1.82, 2.24) is 19.6 Å². The van der Waals surface area contributed by atoms with Crippen LogP contribution in [0, 0.1) is 0 Å². The fourth-order valence-electron chi connectivity index (χ4n) is 3.34. The van der Waals surface area contributed by atoms with Gasteiger partial charge in [-0.2, -0.15) is 5.10 Å². The summed E-state index contributed by atoms with van der Waals surface area (Å²) in [5.41, 5.74) is 2.95. The number of hydrogen-bond donors (Lipinski definition) is 1. The van der Waals surface area contributed by atoms with E-state index in [4.69, 9.17) is 9.72 Å². The Morgan fingerprint density at radius 2 is 1.92 bits per heavy atom. The second kappa shape index (κ2) is 6.57. The molecule has 3 aromatic heterocycles. The molecule has 3 aromatic rings. The van der Waals surface area contributed by atoms with Gasteiger partial charge in [0.15, 0.2) is 5.65 Å². The van der Waals surface area contributed by atoms with E-state index < -0.39 is 0 Å². The predicted molar refractivity (Wildman–Crippen MR) is 92.9 cm³/mol. The zero-order chi connectivity index (χ0) is 16.4. The normalized spacial score (nSPS) is 21.0. The van der Waals surface area contributed by atoms with Gasteiger partial charge in [-0.3, -0.25) is 4.98 Å². The van der Waals surface area contributed by atoms with Crippen molar-refractivity contribution in [3.8, 4) is 11.1 Å². The van der Waals surface area contributed by atoms with Crippen LogP contribution in [0.2, 0.25) is 0 Å². The molecule has 6 nitrogen and oxygen atoms in total. The summed E-state index contributed by atoms with van der Waals surface area (Å²) in [7, 11) is 1.80. The van der Waals surface area contributed by atoms with Gasteiger partial charge in [-0.05, 0) is 49.4 Å². The average molecular weight is 323 g/mol. The van der Waals surface area contributed by atoms with E-state index in [9.17, 15) is 0 Å². The highest BCUT2D eigenvalue weighted by molar-refractivity contribution is 5.77. The van der Waals surface area contributed by atoms with Crippen molar-refractivity contribution in [3.05, 3.63) is 43.0 Å². The molecule has 0 spiro atoms. The highest BCUT2D eigenvalue weighted by Crippen LogP contribution is 2.26. The number of methoxy groups -OCH3 is 1. The molecule has 0 radical (unpaired) electrons. The van der Waals surface area contributed by atoms with Crippen LogP contribution >= 0.6 is 0 Å². The quantitative estimate of drug-likeness (QED) is 0.799. The van der Waals surface area contributed by atoms with Crippen molar-refractivity contribution in [2.75, 3.05) is 12.4 Å². The van der Waals surface area contributed by atoms with E-state index >= 15 is 0 Å². The van der Waals surface area contributed by atoms with E-state index in [-0.39, 0.29) is 0 Å². The summed E-state index contributed by atoms with van der Waals surface area (Å²) in [4.78, 5) is 8.86. The van der Waals surface area contributed by atoms with E-state index in [0.29, 0.717) is 12.1 Å². The van der Waals surface area contributed by atoms with Gasteiger partial charge in [-0.15, -0.1) is 0 Å². The van der Waals surface area contributed by atoms with Crippen molar-refractivity contribution in [3.63, 3.8) is 0 Å². The minimum Gasteiger partial charge on any atom is -0.381 e. The predicted octanol–water partition coefficient (Wildman–Crippen LogP) is 3.16.